The summed E-state index contributed by atoms with van der Waals surface area (Å²) in [6.07, 6.45) is 0. The molecule has 0 heterocycles. The fraction of sp³-hybridized carbons (Fsp3) is 0.0952. The second-order valence-corrected chi connectivity index (χ2v) is 5.45. The van der Waals surface area contributed by atoms with E-state index in [0.717, 1.165) is 27.8 Å². The molecule has 0 radical (unpaired) electrons. The van der Waals surface area contributed by atoms with Crippen LogP contribution in [0.15, 0.2) is 72.8 Å². The smallest absolute Gasteiger partial charge is 0.338 e. The zero-order chi connectivity index (χ0) is 16.2. The van der Waals surface area contributed by atoms with Gasteiger partial charge >= 0.3 is 5.97 Å². The molecule has 0 saturated heterocycles. The van der Waals surface area contributed by atoms with E-state index in [1.165, 1.54) is 7.11 Å². The van der Waals surface area contributed by atoms with Gasteiger partial charge in [0.1, 0.15) is 0 Å². The number of hydrogen-bond acceptors (Lipinski definition) is 2. The Bertz CT molecular complexity index is 835. The van der Waals surface area contributed by atoms with Gasteiger partial charge in [0.05, 0.1) is 12.7 Å². The van der Waals surface area contributed by atoms with E-state index in [9.17, 15) is 4.79 Å². The molecule has 0 N–H and O–H groups in total. The summed E-state index contributed by atoms with van der Waals surface area (Å²) in [4.78, 5) is 12.1. The van der Waals surface area contributed by atoms with Crippen LogP contribution in [-0.4, -0.2) is 13.1 Å². The molecular formula is C21H18O2. The summed E-state index contributed by atoms with van der Waals surface area (Å²) in [6, 6.07) is 24.1. The van der Waals surface area contributed by atoms with Crippen molar-refractivity contribution in [1.29, 1.82) is 0 Å². The first-order valence-electron chi connectivity index (χ1n) is 7.54. The van der Waals surface area contributed by atoms with Crippen molar-refractivity contribution in [3.8, 4) is 22.3 Å². The van der Waals surface area contributed by atoms with Gasteiger partial charge in [0.15, 0.2) is 0 Å². The van der Waals surface area contributed by atoms with Crippen molar-refractivity contribution in [2.45, 2.75) is 6.92 Å². The number of esters is 1. The largest absolute Gasteiger partial charge is 0.465 e. The van der Waals surface area contributed by atoms with Gasteiger partial charge in [-0.15, -0.1) is 0 Å². The lowest BCUT2D eigenvalue weighted by molar-refractivity contribution is 0.0601. The van der Waals surface area contributed by atoms with Gasteiger partial charge in [-0.05, 0) is 35.2 Å². The van der Waals surface area contributed by atoms with Crippen molar-refractivity contribution in [2.24, 2.45) is 0 Å². The Kier molecular flexibility index (Phi) is 4.24. The van der Waals surface area contributed by atoms with Gasteiger partial charge < -0.3 is 4.74 Å². The van der Waals surface area contributed by atoms with Gasteiger partial charge in [-0.25, -0.2) is 4.79 Å². The second-order valence-electron chi connectivity index (χ2n) is 5.45. The van der Waals surface area contributed by atoms with Gasteiger partial charge in [-0.3, -0.25) is 0 Å². The van der Waals surface area contributed by atoms with Crippen molar-refractivity contribution in [3.05, 3.63) is 83.9 Å². The molecule has 0 aromatic heterocycles. The first kappa shape index (κ1) is 15.0. The van der Waals surface area contributed by atoms with E-state index < -0.39 is 0 Å². The van der Waals surface area contributed by atoms with Crippen LogP contribution in [0.5, 0.6) is 0 Å². The molecule has 0 aliphatic carbocycles. The standard InChI is InChI=1S/C21H18O2/c1-15-12-13-19(21(22)23-2)20(14-15)18-11-7-6-10-17(18)16-8-4-3-5-9-16/h3-14H,1-2H3. The Morgan fingerprint density at radius 1 is 0.783 bits per heavy atom. The molecule has 3 aromatic carbocycles. The molecule has 2 heteroatoms. The van der Waals surface area contributed by atoms with E-state index in [2.05, 4.69) is 18.2 Å². The fourth-order valence-corrected chi connectivity index (χ4v) is 2.76. The number of carbonyl (C=O) groups is 1. The molecule has 3 rings (SSSR count). The minimum atomic E-state index is -0.317. The number of hydrogen-bond donors (Lipinski definition) is 0. The maximum atomic E-state index is 12.1. The Morgan fingerprint density at radius 2 is 1.43 bits per heavy atom. The zero-order valence-corrected chi connectivity index (χ0v) is 13.2. The van der Waals surface area contributed by atoms with E-state index in [0.29, 0.717) is 5.56 Å². The van der Waals surface area contributed by atoms with Crippen molar-refractivity contribution in [2.75, 3.05) is 7.11 Å². The minimum Gasteiger partial charge on any atom is -0.465 e. The predicted octanol–water partition coefficient (Wildman–Crippen LogP) is 5.12. The summed E-state index contributed by atoms with van der Waals surface area (Å²) in [5.41, 5.74) is 5.85. The minimum absolute atomic E-state index is 0.317. The van der Waals surface area contributed by atoms with E-state index in [1.807, 2.05) is 61.5 Å². The third-order valence-electron chi connectivity index (χ3n) is 3.88. The van der Waals surface area contributed by atoms with Crippen LogP contribution < -0.4 is 0 Å². The molecule has 0 aliphatic rings. The molecule has 2 nitrogen and oxygen atoms in total. The first-order valence-corrected chi connectivity index (χ1v) is 7.54. The molecule has 0 bridgehead atoms. The fourth-order valence-electron chi connectivity index (χ4n) is 2.76. The molecule has 3 aromatic rings. The molecule has 0 fully saturated rings. The average Bonchev–Trinajstić information content (AvgIpc) is 2.62. The van der Waals surface area contributed by atoms with Gasteiger partial charge in [0.2, 0.25) is 0 Å². The number of ether oxygens (including phenoxy) is 1. The Labute approximate surface area is 136 Å². The predicted molar refractivity (Wildman–Crippen MR) is 93.4 cm³/mol. The summed E-state index contributed by atoms with van der Waals surface area (Å²) in [5, 5.41) is 0. The molecule has 0 amide bonds. The normalized spacial score (nSPS) is 10.3. The number of benzene rings is 3. The molecule has 0 atom stereocenters. The lowest BCUT2D eigenvalue weighted by Gasteiger charge is -2.14. The maximum absolute atomic E-state index is 12.1. The third kappa shape index (κ3) is 3.02. The van der Waals surface area contributed by atoms with Crippen LogP contribution >= 0.6 is 0 Å². The van der Waals surface area contributed by atoms with Crippen LogP contribution in [0.2, 0.25) is 0 Å². The highest BCUT2D eigenvalue weighted by Gasteiger charge is 2.16. The maximum Gasteiger partial charge on any atom is 0.338 e. The van der Waals surface area contributed by atoms with E-state index in [4.69, 9.17) is 4.74 Å². The van der Waals surface area contributed by atoms with Gasteiger partial charge in [0, 0.05) is 0 Å². The molecule has 114 valence electrons. The van der Waals surface area contributed by atoms with E-state index in [1.54, 1.807) is 0 Å². The van der Waals surface area contributed by atoms with Crippen LogP contribution in [-0.2, 0) is 4.74 Å². The summed E-state index contributed by atoms with van der Waals surface area (Å²) in [5.74, 6) is -0.317. The molecule has 0 aliphatic heterocycles. The number of carbonyl (C=O) groups excluding carboxylic acids is 1. The van der Waals surface area contributed by atoms with Crippen molar-refractivity contribution < 1.29 is 9.53 Å². The lowest BCUT2D eigenvalue weighted by atomic mass is 9.91. The van der Waals surface area contributed by atoms with E-state index in [-0.39, 0.29) is 5.97 Å². The van der Waals surface area contributed by atoms with Crippen LogP contribution in [0.4, 0.5) is 0 Å². The quantitative estimate of drug-likeness (QED) is 0.628. The molecule has 0 unspecified atom stereocenters. The topological polar surface area (TPSA) is 26.3 Å². The van der Waals surface area contributed by atoms with Crippen LogP contribution in [0, 0.1) is 6.92 Å². The molecule has 23 heavy (non-hydrogen) atoms. The molecule has 0 spiro atoms. The molecular weight excluding hydrogens is 284 g/mol. The summed E-state index contributed by atoms with van der Waals surface area (Å²) >= 11 is 0. The highest BCUT2D eigenvalue weighted by atomic mass is 16.5. The third-order valence-corrected chi connectivity index (χ3v) is 3.88. The van der Waals surface area contributed by atoms with Crippen LogP contribution in [0.25, 0.3) is 22.3 Å². The number of aryl methyl sites for hydroxylation is 1. The van der Waals surface area contributed by atoms with Crippen LogP contribution in [0.3, 0.4) is 0 Å². The highest BCUT2D eigenvalue weighted by Crippen LogP contribution is 2.34. The first-order chi connectivity index (χ1) is 11.2. The summed E-state index contributed by atoms with van der Waals surface area (Å²) in [6.45, 7) is 2.02. The monoisotopic (exact) mass is 302 g/mol. The van der Waals surface area contributed by atoms with Crippen molar-refractivity contribution in [3.63, 3.8) is 0 Å². The highest BCUT2D eigenvalue weighted by molar-refractivity contribution is 6.00. The lowest BCUT2D eigenvalue weighted by Crippen LogP contribution is -2.04. The Balaban J connectivity index is 2.25. The summed E-state index contributed by atoms with van der Waals surface area (Å²) in [7, 11) is 1.41. The van der Waals surface area contributed by atoms with Crippen molar-refractivity contribution >= 4 is 5.97 Å². The zero-order valence-electron chi connectivity index (χ0n) is 13.2. The average molecular weight is 302 g/mol. The molecule has 0 saturated carbocycles. The van der Waals surface area contributed by atoms with Gasteiger partial charge in [-0.2, -0.15) is 0 Å². The van der Waals surface area contributed by atoms with Gasteiger partial charge in [0.25, 0.3) is 0 Å². The van der Waals surface area contributed by atoms with Crippen LogP contribution in [0.1, 0.15) is 15.9 Å². The second kappa shape index (κ2) is 6.49. The Morgan fingerprint density at radius 3 is 2.13 bits per heavy atom. The number of methoxy groups -OCH3 is 1. The summed E-state index contributed by atoms with van der Waals surface area (Å²) < 4.78 is 4.94. The van der Waals surface area contributed by atoms with Gasteiger partial charge in [-0.1, -0.05) is 72.3 Å². The Hall–Kier alpha value is -2.87. The SMILES string of the molecule is COC(=O)c1ccc(C)cc1-c1ccccc1-c1ccccc1. The van der Waals surface area contributed by atoms with Crippen molar-refractivity contribution in [1.82, 2.24) is 0 Å². The number of rotatable bonds is 3. The van der Waals surface area contributed by atoms with E-state index >= 15 is 0 Å².